The van der Waals surface area contributed by atoms with Crippen LogP contribution in [0.15, 0.2) is 36.4 Å². The number of aromatic nitrogens is 2. The topological polar surface area (TPSA) is 38.1 Å². The Bertz CT molecular complexity index is 474. The average Bonchev–Trinajstić information content (AvgIpc) is 2.69. The van der Waals surface area contributed by atoms with Crippen molar-refractivity contribution in [1.82, 2.24) is 9.78 Å². The average molecular weight is 230 g/mol. The van der Waals surface area contributed by atoms with Gasteiger partial charge in [-0.3, -0.25) is 4.68 Å². The maximum absolute atomic E-state index is 9.30. The van der Waals surface area contributed by atoms with Crippen molar-refractivity contribution < 1.29 is 5.11 Å². The van der Waals surface area contributed by atoms with Crippen LogP contribution < -0.4 is 0 Å². The highest BCUT2D eigenvalue weighted by Gasteiger charge is 2.07. The summed E-state index contributed by atoms with van der Waals surface area (Å²) in [6.45, 7) is 1.81. The summed E-state index contributed by atoms with van der Waals surface area (Å²) < 4.78 is 1.89. The molecular weight excluding hydrogens is 212 g/mol. The minimum atomic E-state index is -0.259. The largest absolute Gasteiger partial charge is 0.393 e. The Balaban J connectivity index is 2.19. The van der Waals surface area contributed by atoms with Crippen LogP contribution in [0.4, 0.5) is 0 Å². The molecule has 17 heavy (non-hydrogen) atoms. The molecule has 0 amide bonds. The van der Waals surface area contributed by atoms with Gasteiger partial charge in [0.25, 0.3) is 0 Å². The number of aliphatic hydroxyl groups excluding tert-OH is 1. The van der Waals surface area contributed by atoms with Crippen LogP contribution in [0.5, 0.6) is 0 Å². The van der Waals surface area contributed by atoms with E-state index in [0.29, 0.717) is 0 Å². The molecule has 1 aromatic heterocycles. The van der Waals surface area contributed by atoms with E-state index in [9.17, 15) is 5.11 Å². The summed E-state index contributed by atoms with van der Waals surface area (Å²) in [6.07, 6.45) is 1.37. The maximum Gasteiger partial charge on any atom is 0.0925 e. The van der Waals surface area contributed by atoms with E-state index in [1.165, 1.54) is 0 Å². The third-order valence-corrected chi connectivity index (χ3v) is 2.86. The summed E-state index contributed by atoms with van der Waals surface area (Å²) >= 11 is 0. The van der Waals surface area contributed by atoms with Gasteiger partial charge in [-0.15, -0.1) is 0 Å². The van der Waals surface area contributed by atoms with Crippen molar-refractivity contribution in [2.45, 2.75) is 25.9 Å². The van der Waals surface area contributed by atoms with E-state index < -0.39 is 0 Å². The second-order valence-electron chi connectivity index (χ2n) is 4.40. The lowest BCUT2D eigenvalue weighted by Gasteiger charge is -2.03. The van der Waals surface area contributed by atoms with Crippen LogP contribution in [0.25, 0.3) is 11.3 Å². The Morgan fingerprint density at radius 3 is 2.65 bits per heavy atom. The summed E-state index contributed by atoms with van der Waals surface area (Å²) in [5.74, 6) is 0. The first-order valence-corrected chi connectivity index (χ1v) is 5.93. The van der Waals surface area contributed by atoms with E-state index in [-0.39, 0.29) is 6.10 Å². The zero-order chi connectivity index (χ0) is 12.3. The molecule has 0 spiro atoms. The zero-order valence-corrected chi connectivity index (χ0v) is 10.3. The molecule has 2 rings (SSSR count). The number of nitrogens with zero attached hydrogens (tertiary/aromatic N) is 2. The lowest BCUT2D eigenvalue weighted by Crippen LogP contribution is -2.04. The van der Waals surface area contributed by atoms with E-state index in [1.807, 2.05) is 36.9 Å². The van der Waals surface area contributed by atoms with Gasteiger partial charge in [-0.2, -0.15) is 5.10 Å². The van der Waals surface area contributed by atoms with Gasteiger partial charge in [-0.05, 0) is 25.8 Å². The van der Waals surface area contributed by atoms with Crippen LogP contribution >= 0.6 is 0 Å². The Kier molecular flexibility index (Phi) is 3.59. The molecule has 1 N–H and O–H groups in total. The summed E-state index contributed by atoms with van der Waals surface area (Å²) in [4.78, 5) is 0. The van der Waals surface area contributed by atoms with Crippen LogP contribution in [0, 0.1) is 0 Å². The van der Waals surface area contributed by atoms with Gasteiger partial charge in [0, 0.05) is 18.3 Å². The highest BCUT2D eigenvalue weighted by Crippen LogP contribution is 2.19. The van der Waals surface area contributed by atoms with E-state index in [4.69, 9.17) is 0 Å². The molecule has 3 nitrogen and oxygen atoms in total. The molecule has 1 heterocycles. The lowest BCUT2D eigenvalue weighted by molar-refractivity contribution is 0.184. The summed E-state index contributed by atoms with van der Waals surface area (Å²) in [5.41, 5.74) is 3.28. The molecule has 0 unspecified atom stereocenters. The Morgan fingerprint density at radius 2 is 2.00 bits per heavy atom. The van der Waals surface area contributed by atoms with Gasteiger partial charge in [0.2, 0.25) is 0 Å². The van der Waals surface area contributed by atoms with Gasteiger partial charge in [-0.25, -0.2) is 0 Å². The van der Waals surface area contributed by atoms with Crippen molar-refractivity contribution in [3.8, 4) is 11.3 Å². The molecule has 0 saturated carbocycles. The fourth-order valence-electron chi connectivity index (χ4n) is 1.85. The molecule has 0 bridgehead atoms. The molecule has 3 heteroatoms. The first-order chi connectivity index (χ1) is 8.16. The van der Waals surface area contributed by atoms with Gasteiger partial charge in [-0.1, -0.05) is 30.3 Å². The van der Waals surface area contributed by atoms with Crippen LogP contribution in [-0.4, -0.2) is 21.0 Å². The molecule has 0 aliphatic rings. The van der Waals surface area contributed by atoms with Crippen LogP contribution in [0.3, 0.4) is 0 Å². The third-order valence-electron chi connectivity index (χ3n) is 2.86. The van der Waals surface area contributed by atoms with Gasteiger partial charge < -0.3 is 5.11 Å². The molecule has 90 valence electrons. The van der Waals surface area contributed by atoms with Gasteiger partial charge in [0.05, 0.1) is 11.8 Å². The molecule has 0 saturated heterocycles. The molecule has 0 aliphatic heterocycles. The van der Waals surface area contributed by atoms with Crippen molar-refractivity contribution in [3.05, 3.63) is 42.1 Å². The van der Waals surface area contributed by atoms with Gasteiger partial charge in [0.15, 0.2) is 0 Å². The fraction of sp³-hybridized carbons (Fsp3) is 0.357. The van der Waals surface area contributed by atoms with Crippen LogP contribution in [0.2, 0.25) is 0 Å². The van der Waals surface area contributed by atoms with Gasteiger partial charge >= 0.3 is 0 Å². The van der Waals surface area contributed by atoms with Crippen LogP contribution in [0.1, 0.15) is 19.0 Å². The van der Waals surface area contributed by atoms with E-state index >= 15 is 0 Å². The SMILES string of the molecule is C[C@H](O)CCc1cc(-c2ccccc2)nn1C. The van der Waals surface area contributed by atoms with Crippen molar-refractivity contribution >= 4 is 0 Å². The van der Waals surface area contributed by atoms with Crippen molar-refractivity contribution in [1.29, 1.82) is 0 Å². The fourth-order valence-corrected chi connectivity index (χ4v) is 1.85. The first-order valence-electron chi connectivity index (χ1n) is 5.93. The van der Waals surface area contributed by atoms with Crippen molar-refractivity contribution in [3.63, 3.8) is 0 Å². The molecular formula is C14H18N2O. The molecule has 0 fully saturated rings. The molecule has 1 aromatic carbocycles. The minimum Gasteiger partial charge on any atom is -0.393 e. The number of rotatable bonds is 4. The van der Waals surface area contributed by atoms with E-state index in [1.54, 1.807) is 0 Å². The first kappa shape index (κ1) is 11.9. The van der Waals surface area contributed by atoms with E-state index in [0.717, 1.165) is 29.8 Å². The number of aryl methyl sites for hydroxylation is 2. The quantitative estimate of drug-likeness (QED) is 0.875. The number of hydrogen-bond donors (Lipinski definition) is 1. The summed E-state index contributed by atoms with van der Waals surface area (Å²) in [7, 11) is 1.95. The summed E-state index contributed by atoms with van der Waals surface area (Å²) in [5, 5.41) is 13.8. The van der Waals surface area contributed by atoms with Gasteiger partial charge in [0.1, 0.15) is 0 Å². The second kappa shape index (κ2) is 5.15. The maximum atomic E-state index is 9.30. The summed E-state index contributed by atoms with van der Waals surface area (Å²) in [6, 6.07) is 12.2. The zero-order valence-electron chi connectivity index (χ0n) is 10.3. The molecule has 0 aliphatic carbocycles. The predicted molar refractivity (Wildman–Crippen MR) is 68.6 cm³/mol. The third kappa shape index (κ3) is 2.94. The number of aliphatic hydroxyl groups is 1. The monoisotopic (exact) mass is 230 g/mol. The molecule has 1 atom stereocenters. The number of hydrogen-bond acceptors (Lipinski definition) is 2. The Hall–Kier alpha value is -1.61. The lowest BCUT2D eigenvalue weighted by atomic mass is 10.1. The highest BCUT2D eigenvalue weighted by atomic mass is 16.3. The Labute approximate surface area is 102 Å². The Morgan fingerprint density at radius 1 is 1.29 bits per heavy atom. The molecule has 0 radical (unpaired) electrons. The van der Waals surface area contributed by atoms with Crippen LogP contribution in [-0.2, 0) is 13.5 Å². The highest BCUT2D eigenvalue weighted by molar-refractivity contribution is 5.59. The standard InChI is InChI=1S/C14H18N2O/c1-11(17)8-9-13-10-14(15-16(13)2)12-6-4-3-5-7-12/h3-7,10-11,17H,8-9H2,1-2H3/t11-/m0/s1. The van der Waals surface area contributed by atoms with E-state index in [2.05, 4.69) is 23.3 Å². The molecule has 2 aromatic rings. The van der Waals surface area contributed by atoms with Crippen molar-refractivity contribution in [2.24, 2.45) is 7.05 Å². The normalized spacial score (nSPS) is 12.6. The minimum absolute atomic E-state index is 0.259. The second-order valence-corrected chi connectivity index (χ2v) is 4.40. The van der Waals surface area contributed by atoms with Crippen molar-refractivity contribution in [2.75, 3.05) is 0 Å². The predicted octanol–water partition coefficient (Wildman–Crippen LogP) is 2.40. The number of benzene rings is 1. The smallest absolute Gasteiger partial charge is 0.0925 e.